The molecule has 0 bridgehead atoms. The summed E-state index contributed by atoms with van der Waals surface area (Å²) < 4.78 is 2.07. The summed E-state index contributed by atoms with van der Waals surface area (Å²) >= 11 is 6.98. The minimum Gasteiger partial charge on any atom is -0.352 e. The smallest absolute Gasteiger partial charge is 0.224 e. The molecule has 1 aliphatic carbocycles. The van der Waals surface area contributed by atoms with E-state index in [4.69, 9.17) is 0 Å². The Morgan fingerprint density at radius 3 is 2.39 bits per heavy atom. The Morgan fingerprint density at radius 1 is 1.13 bits per heavy atom. The monoisotopic (exact) mass is 435 g/mol. The van der Waals surface area contributed by atoms with Crippen molar-refractivity contribution >= 4 is 37.8 Å². The highest BCUT2D eigenvalue weighted by Gasteiger charge is 2.49. The van der Waals surface area contributed by atoms with Crippen molar-refractivity contribution in [2.24, 2.45) is 0 Å². The molecular weight excluding hydrogens is 418 g/mol. The van der Waals surface area contributed by atoms with Gasteiger partial charge in [-0.15, -0.1) is 0 Å². The molecule has 0 saturated heterocycles. The molecule has 2 aromatic rings. The van der Waals surface area contributed by atoms with E-state index in [1.165, 1.54) is 5.56 Å². The molecule has 1 amide bonds. The molecule has 1 saturated carbocycles. The second-order valence-electron chi connectivity index (χ2n) is 6.22. The third-order valence-electron chi connectivity index (χ3n) is 4.72. The van der Waals surface area contributed by atoms with E-state index in [1.807, 2.05) is 24.3 Å². The molecular formula is C19H19Br2NO. The van der Waals surface area contributed by atoms with Gasteiger partial charge in [-0.25, -0.2) is 0 Å². The molecule has 4 heteroatoms. The van der Waals surface area contributed by atoms with E-state index in [1.54, 1.807) is 0 Å². The summed E-state index contributed by atoms with van der Waals surface area (Å²) in [6.07, 6.45) is 2.67. The maximum atomic E-state index is 12.4. The van der Waals surface area contributed by atoms with Crippen molar-refractivity contribution in [3.63, 3.8) is 0 Å². The molecule has 0 spiro atoms. The van der Waals surface area contributed by atoms with Crippen LogP contribution in [-0.4, -0.2) is 11.9 Å². The highest BCUT2D eigenvalue weighted by atomic mass is 79.9. The van der Waals surface area contributed by atoms with E-state index >= 15 is 0 Å². The number of benzene rings is 2. The molecule has 0 heterocycles. The summed E-state index contributed by atoms with van der Waals surface area (Å²) in [7, 11) is 0. The highest BCUT2D eigenvalue weighted by Crippen LogP contribution is 2.51. The highest BCUT2D eigenvalue weighted by molar-refractivity contribution is 9.10. The average molecular weight is 437 g/mol. The van der Waals surface area contributed by atoms with E-state index in [-0.39, 0.29) is 17.4 Å². The van der Waals surface area contributed by atoms with Crippen LogP contribution < -0.4 is 5.32 Å². The molecule has 0 radical (unpaired) electrons. The van der Waals surface area contributed by atoms with Crippen LogP contribution in [0.4, 0.5) is 0 Å². The number of nitrogens with one attached hydrogen (secondary N) is 1. The molecule has 120 valence electrons. The standard InChI is InChI=1S/C19H19Br2NO/c1-13(19(10-11-19)15-6-8-16(20)9-7-15)22-18(23)12-14-4-2-3-5-17(14)21/h2-9,13H,10-12H2,1H3,(H,22,23). The quantitative estimate of drug-likeness (QED) is 0.702. The number of carbonyl (C=O) groups is 1. The van der Waals surface area contributed by atoms with Crippen molar-refractivity contribution in [3.8, 4) is 0 Å². The summed E-state index contributed by atoms with van der Waals surface area (Å²) in [5.74, 6) is 0.0767. The Balaban J connectivity index is 1.67. The summed E-state index contributed by atoms with van der Waals surface area (Å²) in [4.78, 5) is 12.4. The lowest BCUT2D eigenvalue weighted by Crippen LogP contribution is -2.42. The summed E-state index contributed by atoms with van der Waals surface area (Å²) in [6.45, 7) is 2.12. The van der Waals surface area contributed by atoms with Crippen LogP contribution in [0.1, 0.15) is 30.9 Å². The van der Waals surface area contributed by atoms with Gasteiger partial charge in [-0.05, 0) is 49.1 Å². The summed E-state index contributed by atoms with van der Waals surface area (Å²) in [5.41, 5.74) is 2.43. The van der Waals surface area contributed by atoms with E-state index in [9.17, 15) is 4.79 Å². The van der Waals surface area contributed by atoms with Gasteiger partial charge in [0.05, 0.1) is 6.42 Å². The van der Waals surface area contributed by atoms with Gasteiger partial charge in [-0.3, -0.25) is 4.79 Å². The zero-order valence-corrected chi connectivity index (χ0v) is 16.2. The number of hydrogen-bond donors (Lipinski definition) is 1. The van der Waals surface area contributed by atoms with Crippen LogP contribution in [0, 0.1) is 0 Å². The molecule has 1 atom stereocenters. The third-order valence-corrected chi connectivity index (χ3v) is 6.03. The van der Waals surface area contributed by atoms with Crippen molar-refractivity contribution < 1.29 is 4.79 Å². The van der Waals surface area contributed by atoms with Crippen LogP contribution in [0.25, 0.3) is 0 Å². The number of hydrogen-bond acceptors (Lipinski definition) is 1. The maximum Gasteiger partial charge on any atom is 0.224 e. The van der Waals surface area contributed by atoms with Crippen LogP contribution in [0.2, 0.25) is 0 Å². The topological polar surface area (TPSA) is 29.1 Å². The average Bonchev–Trinajstić information content (AvgIpc) is 3.32. The largest absolute Gasteiger partial charge is 0.352 e. The first-order valence-electron chi connectivity index (χ1n) is 7.80. The fourth-order valence-corrected chi connectivity index (χ4v) is 3.82. The lowest BCUT2D eigenvalue weighted by molar-refractivity contribution is -0.121. The van der Waals surface area contributed by atoms with Crippen LogP contribution in [-0.2, 0) is 16.6 Å². The number of rotatable bonds is 5. The Labute approximate surface area is 153 Å². The fourth-order valence-electron chi connectivity index (χ4n) is 3.13. The van der Waals surface area contributed by atoms with Crippen LogP contribution in [0.15, 0.2) is 57.5 Å². The number of carbonyl (C=O) groups excluding carboxylic acids is 1. The summed E-state index contributed by atoms with van der Waals surface area (Å²) in [6, 6.07) is 16.5. The van der Waals surface area contributed by atoms with Crippen molar-refractivity contribution in [1.82, 2.24) is 5.32 Å². The SMILES string of the molecule is CC(NC(=O)Cc1ccccc1Br)C1(c2ccc(Br)cc2)CC1. The first-order chi connectivity index (χ1) is 11.0. The predicted octanol–water partition coefficient (Wildman–Crippen LogP) is 4.99. The summed E-state index contributed by atoms with van der Waals surface area (Å²) in [5, 5.41) is 3.20. The molecule has 0 aromatic heterocycles. The lowest BCUT2D eigenvalue weighted by Gasteiger charge is -2.25. The predicted molar refractivity (Wildman–Crippen MR) is 101 cm³/mol. The normalized spacial score (nSPS) is 16.7. The molecule has 0 aliphatic heterocycles. The van der Waals surface area contributed by atoms with Gasteiger partial charge in [-0.2, -0.15) is 0 Å². The van der Waals surface area contributed by atoms with E-state index < -0.39 is 0 Å². The van der Waals surface area contributed by atoms with Gasteiger partial charge < -0.3 is 5.32 Å². The third kappa shape index (κ3) is 3.69. The van der Waals surface area contributed by atoms with Gasteiger partial charge in [0.15, 0.2) is 0 Å². The van der Waals surface area contributed by atoms with E-state index in [0.717, 1.165) is 27.4 Å². The van der Waals surface area contributed by atoms with Crippen LogP contribution in [0.5, 0.6) is 0 Å². The Hall–Kier alpha value is -1.13. The van der Waals surface area contributed by atoms with Gasteiger partial charge in [0.25, 0.3) is 0 Å². The minimum atomic E-state index is 0.0767. The second kappa shape index (κ2) is 6.78. The van der Waals surface area contributed by atoms with E-state index in [0.29, 0.717) is 6.42 Å². The first-order valence-corrected chi connectivity index (χ1v) is 9.39. The van der Waals surface area contributed by atoms with Crippen molar-refractivity contribution in [2.75, 3.05) is 0 Å². The van der Waals surface area contributed by atoms with Gasteiger partial charge >= 0.3 is 0 Å². The van der Waals surface area contributed by atoms with Crippen LogP contribution >= 0.6 is 31.9 Å². The molecule has 1 fully saturated rings. The minimum absolute atomic E-state index is 0.0767. The molecule has 23 heavy (non-hydrogen) atoms. The first kappa shape index (κ1) is 16.7. The van der Waals surface area contributed by atoms with Gasteiger partial charge in [-0.1, -0.05) is 62.2 Å². The number of amides is 1. The second-order valence-corrected chi connectivity index (χ2v) is 7.99. The molecule has 2 nitrogen and oxygen atoms in total. The van der Waals surface area contributed by atoms with Gasteiger partial charge in [0, 0.05) is 20.4 Å². The maximum absolute atomic E-state index is 12.4. The molecule has 1 aliphatic rings. The lowest BCUT2D eigenvalue weighted by atomic mass is 9.89. The van der Waals surface area contributed by atoms with Crippen molar-refractivity contribution in [1.29, 1.82) is 0 Å². The fraction of sp³-hybridized carbons (Fsp3) is 0.316. The Morgan fingerprint density at radius 2 is 1.78 bits per heavy atom. The molecule has 1 N–H and O–H groups in total. The number of halogens is 2. The molecule has 2 aromatic carbocycles. The van der Waals surface area contributed by atoms with Crippen LogP contribution in [0.3, 0.4) is 0 Å². The Bertz CT molecular complexity index is 708. The zero-order chi connectivity index (χ0) is 16.4. The van der Waals surface area contributed by atoms with Crippen molar-refractivity contribution in [3.05, 3.63) is 68.6 Å². The van der Waals surface area contributed by atoms with Crippen molar-refractivity contribution in [2.45, 2.75) is 37.6 Å². The van der Waals surface area contributed by atoms with E-state index in [2.05, 4.69) is 68.4 Å². The zero-order valence-electron chi connectivity index (χ0n) is 13.0. The molecule has 3 rings (SSSR count). The van der Waals surface area contributed by atoms with Gasteiger partial charge in [0.2, 0.25) is 5.91 Å². The van der Waals surface area contributed by atoms with Gasteiger partial charge in [0.1, 0.15) is 0 Å². The molecule has 1 unspecified atom stereocenters. The Kier molecular flexibility index (Phi) is 4.93.